The van der Waals surface area contributed by atoms with E-state index >= 15 is 0 Å². The minimum Gasteiger partial charge on any atom is -0.394 e. The first-order valence-corrected chi connectivity index (χ1v) is 32.7. The summed E-state index contributed by atoms with van der Waals surface area (Å²) >= 11 is 0. The molecule has 96 heavy (non-hydrogen) atoms. The van der Waals surface area contributed by atoms with Crippen LogP contribution in [0.3, 0.4) is 0 Å². The molecule has 0 spiro atoms. The molecule has 0 amide bonds. The van der Waals surface area contributed by atoms with Gasteiger partial charge in [-0.25, -0.2) is 9.13 Å². The lowest BCUT2D eigenvalue weighted by Crippen LogP contribution is -2.69. The molecule has 0 aromatic heterocycles. The molecule has 30 fully saturated rings. The van der Waals surface area contributed by atoms with E-state index in [2.05, 4.69) is 9.05 Å². The molecular formula is C48H82O46P2. The average molecular weight is 1460 g/mol. The largest absolute Gasteiger partial charge is 0.469 e. The lowest BCUT2D eigenvalue weighted by molar-refractivity contribution is -0.403. The Bertz CT molecular complexity index is 2490. The van der Waals surface area contributed by atoms with Crippen LogP contribution in [0.5, 0.6) is 0 Å². The van der Waals surface area contributed by atoms with E-state index in [-0.39, 0.29) is 0 Å². The van der Waals surface area contributed by atoms with Gasteiger partial charge in [-0.2, -0.15) is 0 Å². The maximum atomic E-state index is 12.0. The van der Waals surface area contributed by atoms with Crippen molar-refractivity contribution in [2.45, 2.75) is 246 Å². The maximum absolute atomic E-state index is 12.0. The van der Waals surface area contributed by atoms with Gasteiger partial charge in [0.15, 0.2) is 50.3 Å². The van der Waals surface area contributed by atoms with E-state index in [1.54, 1.807) is 0 Å². The molecule has 30 rings (SSSR count). The highest BCUT2D eigenvalue weighted by atomic mass is 31.2. The molecule has 40 atom stereocenters. The van der Waals surface area contributed by atoms with E-state index < -0.39 is 314 Å². The Morgan fingerprint density at radius 2 is 0.333 bits per heavy atom. The number of phosphoric ester groups is 2. The van der Waals surface area contributed by atoms with E-state index in [0.717, 1.165) is 0 Å². The van der Waals surface area contributed by atoms with Crippen LogP contribution in [0, 0.1) is 0 Å². The monoisotopic (exact) mass is 1460 g/mol. The van der Waals surface area contributed by atoms with Crippen molar-refractivity contribution >= 4 is 15.6 Å². The van der Waals surface area contributed by atoms with Gasteiger partial charge in [0.05, 0.1) is 52.9 Å². The Morgan fingerprint density at radius 1 is 0.208 bits per heavy atom. The van der Waals surface area contributed by atoms with Gasteiger partial charge in [0.25, 0.3) is 0 Å². The number of hydrogen-bond acceptors (Lipinski definition) is 42. The quantitative estimate of drug-likeness (QED) is 0.0807. The van der Waals surface area contributed by atoms with Crippen LogP contribution in [-0.4, -0.2) is 430 Å². The Hall–Kier alpha value is -1.30. The average Bonchev–Trinajstić information content (AvgIpc) is 0.780. The van der Waals surface area contributed by atoms with Crippen molar-refractivity contribution in [1.29, 1.82) is 0 Å². The van der Waals surface area contributed by atoms with Crippen LogP contribution in [0.2, 0.25) is 0 Å². The summed E-state index contributed by atoms with van der Waals surface area (Å²) in [5.41, 5.74) is 0. The third kappa shape index (κ3) is 16.9. The smallest absolute Gasteiger partial charge is 0.394 e. The van der Waals surface area contributed by atoms with Gasteiger partial charge in [-0.05, 0) is 0 Å². The zero-order chi connectivity index (χ0) is 70.5. The summed E-state index contributed by atoms with van der Waals surface area (Å²) in [5.74, 6) is 0. The standard InChI is InChI=1S/C48H82O46P2/c49-1-9-33-18(56)26(64)42(80-9)89-35-11(3-51)83-45(29(67)21(35)59)93-39-15(7-77-95(71,72)73)86-48(32(70)24(39)62)92-38-14(6-54)82-44(28(66)20(38)58)90-36-12(4-52)84-46(30(68)22(36)60)94-40-16(8-78-96(74,75)76)85-47(31(69)23(40)61)91-37-13(5-53)81-43(27(65)19(37)57)88-34-10(2-50)79-41(87-33)25(63)17(34)55/h9-70H,1-8H2,(H2,71,72,73)(H2,74,75,76)/t9-,10-,11-,12-,13-,14-,15-,16-,17+,18+,19-,20-,21+,22-,23-,24-,25+,26+,27+,28-,29+,30-,31-,32-,33-,34-,35-,36-,37-,38-,39-,40-,41-,42-,43-,44-,45-,46-,47-,48-/m1/s1. The fourth-order valence-corrected chi connectivity index (χ4v) is 12.9. The highest BCUT2D eigenvalue weighted by molar-refractivity contribution is 7.46. The van der Waals surface area contributed by atoms with Crippen LogP contribution in [0.25, 0.3) is 0 Å². The summed E-state index contributed by atoms with van der Waals surface area (Å²) in [5, 5.41) is 246. The van der Waals surface area contributed by atoms with Gasteiger partial charge in [-0.3, -0.25) is 9.05 Å². The maximum Gasteiger partial charge on any atom is 0.469 e. The lowest BCUT2D eigenvalue weighted by atomic mass is 9.94. The second-order valence-corrected chi connectivity index (χ2v) is 26.1. The van der Waals surface area contributed by atoms with Crippen molar-refractivity contribution in [2.24, 2.45) is 0 Å². The molecule has 0 unspecified atom stereocenters. The van der Waals surface area contributed by atoms with Crippen molar-refractivity contribution in [3.63, 3.8) is 0 Å². The zero-order valence-electron chi connectivity index (χ0n) is 49.4. The molecule has 26 N–H and O–H groups in total. The molecule has 30 saturated heterocycles. The number of hydrogen-bond donors (Lipinski definition) is 26. The molecule has 30 aliphatic rings. The fraction of sp³-hybridized carbons (Fsp3) is 1.00. The van der Waals surface area contributed by atoms with Gasteiger partial charge < -0.3 is 208 Å². The predicted octanol–water partition coefficient (Wildman–Crippen LogP) is -17.2. The molecule has 0 radical (unpaired) electrons. The molecule has 0 aliphatic carbocycles. The number of rotatable bonds is 12. The minimum absolute atomic E-state index is 1.15. The number of aliphatic hydroxyl groups excluding tert-OH is 22. The summed E-state index contributed by atoms with van der Waals surface area (Å²) in [4.78, 5) is 38.6. The lowest BCUT2D eigenvalue weighted by Gasteiger charge is -2.50. The summed E-state index contributed by atoms with van der Waals surface area (Å²) in [6.45, 7) is -9.67. The summed E-state index contributed by atoms with van der Waals surface area (Å²) < 4.78 is 124. The molecule has 16 bridgehead atoms. The highest BCUT2D eigenvalue weighted by Crippen LogP contribution is 2.43. The summed E-state index contributed by atoms with van der Waals surface area (Å²) in [7, 11) is -11.0. The second kappa shape index (κ2) is 32.8. The number of phosphoric acid groups is 2. The molecule has 30 heterocycles. The van der Waals surface area contributed by atoms with Crippen LogP contribution < -0.4 is 0 Å². The number of aliphatic hydroxyl groups is 22. The van der Waals surface area contributed by atoms with Gasteiger partial charge in [-0.15, -0.1) is 0 Å². The Kier molecular flexibility index (Phi) is 26.9. The van der Waals surface area contributed by atoms with Crippen molar-refractivity contribution in [3.05, 3.63) is 0 Å². The molecule has 48 heteroatoms. The summed E-state index contributed by atoms with van der Waals surface area (Å²) in [6.07, 6.45) is -88.0. The second-order valence-electron chi connectivity index (χ2n) is 23.7. The van der Waals surface area contributed by atoms with Gasteiger partial charge in [0.2, 0.25) is 0 Å². The van der Waals surface area contributed by atoms with Crippen LogP contribution in [0.4, 0.5) is 0 Å². The molecular weight excluding hydrogens is 1370 g/mol. The predicted molar refractivity (Wildman–Crippen MR) is 283 cm³/mol. The Morgan fingerprint density at radius 3 is 0.458 bits per heavy atom. The fourth-order valence-electron chi connectivity index (χ4n) is 12.2. The molecule has 0 aromatic carbocycles. The zero-order valence-corrected chi connectivity index (χ0v) is 51.2. The third-order valence-electron chi connectivity index (χ3n) is 17.3. The number of ether oxygens (including phenoxy) is 16. The molecule has 46 nitrogen and oxygen atoms in total. The van der Waals surface area contributed by atoms with Gasteiger partial charge in [0, 0.05) is 0 Å². The van der Waals surface area contributed by atoms with Crippen molar-refractivity contribution in [3.8, 4) is 0 Å². The summed E-state index contributed by atoms with van der Waals surface area (Å²) in [6, 6.07) is 0. The van der Waals surface area contributed by atoms with E-state index in [4.69, 9.17) is 75.8 Å². The molecule has 560 valence electrons. The molecule has 30 aliphatic heterocycles. The van der Waals surface area contributed by atoms with Crippen molar-refractivity contribution in [1.82, 2.24) is 0 Å². The van der Waals surface area contributed by atoms with E-state index in [9.17, 15) is 141 Å². The first-order chi connectivity index (χ1) is 45.2. The minimum atomic E-state index is -5.50. The van der Waals surface area contributed by atoms with E-state index in [1.807, 2.05) is 0 Å². The van der Waals surface area contributed by atoms with Crippen LogP contribution in [0.1, 0.15) is 0 Å². The van der Waals surface area contributed by atoms with Crippen molar-refractivity contribution < 1.29 is 226 Å². The van der Waals surface area contributed by atoms with E-state index in [0.29, 0.717) is 0 Å². The first-order valence-electron chi connectivity index (χ1n) is 29.6. The van der Waals surface area contributed by atoms with Crippen LogP contribution in [0.15, 0.2) is 0 Å². The third-order valence-corrected chi connectivity index (χ3v) is 18.3. The van der Waals surface area contributed by atoms with Gasteiger partial charge in [0.1, 0.15) is 195 Å². The van der Waals surface area contributed by atoms with Gasteiger partial charge in [-0.1, -0.05) is 0 Å². The highest BCUT2D eigenvalue weighted by Gasteiger charge is 2.61. The van der Waals surface area contributed by atoms with Gasteiger partial charge >= 0.3 is 15.6 Å². The van der Waals surface area contributed by atoms with Crippen LogP contribution in [-0.2, 0) is 94.0 Å². The SMILES string of the molecule is O=P(O)(O)OC[C@H]1O[C@@H]2O[C@H]3[C@H](O)[C@@H](O)[C@@H](O[C@H]4[C@H](O)[C@@H](O)[C@@H](O[C@H]5[C@H](O)[C@@H](O)[C@@H](O[C@H]6[C@H](O)[C@H](O)[C@@H](O[C@H]7[C@@H](O)[C@H](O)[C@@H](O[C@H]8[C@@H](O)[C@H](O)[C@@H](O[C@H]9[C@@H](O)[C@H](O)[C@@H](O[C@H]1[C@H](O)[C@H]2O)O[C@@H]9CO)O[C@@H]8CO)O[C@@H]7CO)O[C@@H]6CO)O[C@@H]5COP(=O)(O)O)O[C@@H]4CO)O[C@@H]3CO. The van der Waals surface area contributed by atoms with Crippen LogP contribution >= 0.6 is 15.6 Å². The Labute approximate surface area is 539 Å². The first kappa shape index (κ1) is 78.8. The van der Waals surface area contributed by atoms with Crippen molar-refractivity contribution in [2.75, 3.05) is 52.9 Å². The molecule has 0 aromatic rings. The Balaban J connectivity index is 1.01. The van der Waals surface area contributed by atoms with E-state index in [1.165, 1.54) is 0 Å². The normalized spacial score (nSPS) is 52.1. The topological polar surface area (TPSA) is 726 Å². The molecule has 0 saturated carbocycles.